The molecule has 0 aromatic rings. The molecule has 0 saturated heterocycles. The summed E-state index contributed by atoms with van der Waals surface area (Å²) in [7, 11) is 0. The Labute approximate surface area is 96.4 Å². The molecule has 0 rings (SSSR count). The average molecular weight is 214 g/mol. The lowest BCUT2D eigenvalue weighted by Crippen LogP contribution is -2.33. The smallest absolute Gasteiger partial charge is 0.00385 e. The van der Waals surface area contributed by atoms with Gasteiger partial charge in [0.15, 0.2) is 0 Å². The van der Waals surface area contributed by atoms with Crippen LogP contribution in [0.2, 0.25) is 0 Å². The lowest BCUT2D eigenvalue weighted by Gasteiger charge is -2.25. The molecule has 0 amide bonds. The van der Waals surface area contributed by atoms with Crippen LogP contribution in [-0.2, 0) is 0 Å². The van der Waals surface area contributed by atoms with E-state index in [1.807, 2.05) is 0 Å². The quantitative estimate of drug-likeness (QED) is 0.594. The molecule has 1 N–H and O–H groups in total. The van der Waals surface area contributed by atoms with Crippen LogP contribution in [0.1, 0.15) is 53.9 Å². The zero-order valence-electron chi connectivity index (χ0n) is 11.3. The molecule has 92 valence electrons. The van der Waals surface area contributed by atoms with E-state index in [9.17, 15) is 0 Å². The lowest BCUT2D eigenvalue weighted by molar-refractivity contribution is 0.217. The van der Waals surface area contributed by atoms with E-state index < -0.39 is 0 Å². The Balaban J connectivity index is 3.45. The van der Waals surface area contributed by atoms with Crippen LogP contribution in [0.3, 0.4) is 0 Å². The van der Waals surface area contributed by atoms with Gasteiger partial charge in [-0.1, -0.05) is 20.8 Å². The van der Waals surface area contributed by atoms with Gasteiger partial charge in [0.1, 0.15) is 0 Å². The minimum atomic E-state index is 0.627. The van der Waals surface area contributed by atoms with Gasteiger partial charge in [0.05, 0.1) is 0 Å². The highest BCUT2D eigenvalue weighted by Crippen LogP contribution is 2.02. The van der Waals surface area contributed by atoms with Gasteiger partial charge in [-0.05, 0) is 52.7 Å². The summed E-state index contributed by atoms with van der Waals surface area (Å²) in [5, 5.41) is 3.46. The van der Waals surface area contributed by atoms with E-state index in [4.69, 9.17) is 0 Å². The Bertz CT molecular complexity index is 132. The fourth-order valence-electron chi connectivity index (χ4n) is 1.75. The monoisotopic (exact) mass is 214 g/mol. The first kappa shape index (κ1) is 14.9. The molecule has 15 heavy (non-hydrogen) atoms. The summed E-state index contributed by atoms with van der Waals surface area (Å²) in [6.45, 7) is 14.9. The van der Waals surface area contributed by atoms with Crippen molar-refractivity contribution in [2.24, 2.45) is 0 Å². The molecule has 0 aromatic carbocycles. The third-order valence-electron chi connectivity index (χ3n) is 2.67. The molecule has 0 unspecified atom stereocenters. The predicted molar refractivity (Wildman–Crippen MR) is 69.4 cm³/mol. The Morgan fingerprint density at radius 3 is 2.13 bits per heavy atom. The summed E-state index contributed by atoms with van der Waals surface area (Å²) in [5.41, 5.74) is 0. The average Bonchev–Trinajstić information content (AvgIpc) is 2.15. The lowest BCUT2D eigenvalue weighted by atomic mass is 10.2. The molecule has 0 bridgehead atoms. The minimum Gasteiger partial charge on any atom is -0.315 e. The minimum absolute atomic E-state index is 0.627. The summed E-state index contributed by atoms with van der Waals surface area (Å²) in [5.74, 6) is 0. The van der Waals surface area contributed by atoms with Gasteiger partial charge in [-0.2, -0.15) is 0 Å². The Morgan fingerprint density at radius 2 is 1.67 bits per heavy atom. The summed E-state index contributed by atoms with van der Waals surface area (Å²) in [4.78, 5) is 2.58. The van der Waals surface area contributed by atoms with Crippen molar-refractivity contribution in [1.82, 2.24) is 10.2 Å². The van der Waals surface area contributed by atoms with Crippen LogP contribution in [0.25, 0.3) is 0 Å². The molecule has 0 spiro atoms. The van der Waals surface area contributed by atoms with Crippen molar-refractivity contribution in [3.05, 3.63) is 0 Å². The first-order valence-corrected chi connectivity index (χ1v) is 6.55. The zero-order chi connectivity index (χ0) is 11.7. The SMILES string of the molecule is CCCN(CCCCNC(C)C)C(C)C. The van der Waals surface area contributed by atoms with Crippen molar-refractivity contribution in [3.8, 4) is 0 Å². The zero-order valence-corrected chi connectivity index (χ0v) is 11.3. The van der Waals surface area contributed by atoms with Crippen molar-refractivity contribution in [3.63, 3.8) is 0 Å². The number of hydrogen-bond donors (Lipinski definition) is 1. The highest BCUT2D eigenvalue weighted by molar-refractivity contribution is 4.63. The van der Waals surface area contributed by atoms with Crippen LogP contribution in [0, 0.1) is 0 Å². The Hall–Kier alpha value is -0.0800. The van der Waals surface area contributed by atoms with E-state index in [-0.39, 0.29) is 0 Å². The predicted octanol–water partition coefficient (Wildman–Crippen LogP) is 2.89. The van der Waals surface area contributed by atoms with Gasteiger partial charge < -0.3 is 10.2 Å². The van der Waals surface area contributed by atoms with Crippen LogP contribution < -0.4 is 5.32 Å². The van der Waals surface area contributed by atoms with E-state index in [0.29, 0.717) is 12.1 Å². The summed E-state index contributed by atoms with van der Waals surface area (Å²) in [6.07, 6.45) is 3.88. The molecule has 2 nitrogen and oxygen atoms in total. The van der Waals surface area contributed by atoms with Crippen molar-refractivity contribution >= 4 is 0 Å². The maximum atomic E-state index is 3.46. The highest BCUT2D eigenvalue weighted by atomic mass is 15.1. The molecule has 0 fully saturated rings. The molecule has 0 radical (unpaired) electrons. The maximum absolute atomic E-state index is 3.46. The summed E-state index contributed by atoms with van der Waals surface area (Å²) in [6, 6.07) is 1.32. The second-order valence-electron chi connectivity index (χ2n) is 4.95. The normalized spacial score (nSPS) is 12.0. The van der Waals surface area contributed by atoms with Gasteiger partial charge in [0, 0.05) is 12.1 Å². The third kappa shape index (κ3) is 8.88. The Morgan fingerprint density at radius 1 is 1.00 bits per heavy atom. The number of rotatable bonds is 9. The van der Waals surface area contributed by atoms with Gasteiger partial charge in [-0.15, -0.1) is 0 Å². The van der Waals surface area contributed by atoms with Crippen LogP contribution in [0.5, 0.6) is 0 Å². The standard InChI is InChI=1S/C13H30N2/c1-6-10-15(13(4)5)11-8-7-9-14-12(2)3/h12-14H,6-11H2,1-5H3. The number of unbranched alkanes of at least 4 members (excludes halogenated alkanes) is 1. The van der Waals surface area contributed by atoms with Gasteiger partial charge >= 0.3 is 0 Å². The molecule has 0 heterocycles. The molecule has 0 atom stereocenters. The van der Waals surface area contributed by atoms with Gasteiger partial charge in [-0.25, -0.2) is 0 Å². The molecular formula is C13H30N2. The molecule has 0 aliphatic heterocycles. The van der Waals surface area contributed by atoms with Crippen LogP contribution in [0.15, 0.2) is 0 Å². The molecule has 0 saturated carbocycles. The van der Waals surface area contributed by atoms with Crippen molar-refractivity contribution in [2.45, 2.75) is 66.0 Å². The first-order chi connectivity index (χ1) is 7.07. The van der Waals surface area contributed by atoms with E-state index in [0.717, 1.165) is 6.54 Å². The number of hydrogen-bond acceptors (Lipinski definition) is 2. The van der Waals surface area contributed by atoms with Crippen LogP contribution >= 0.6 is 0 Å². The molecular weight excluding hydrogens is 184 g/mol. The first-order valence-electron chi connectivity index (χ1n) is 6.55. The van der Waals surface area contributed by atoms with Crippen molar-refractivity contribution < 1.29 is 0 Å². The highest BCUT2D eigenvalue weighted by Gasteiger charge is 2.06. The molecule has 0 aliphatic rings. The van der Waals surface area contributed by atoms with E-state index in [1.54, 1.807) is 0 Å². The van der Waals surface area contributed by atoms with Crippen molar-refractivity contribution in [1.29, 1.82) is 0 Å². The summed E-state index contributed by atoms with van der Waals surface area (Å²) >= 11 is 0. The molecule has 0 aliphatic carbocycles. The topological polar surface area (TPSA) is 15.3 Å². The number of nitrogens with zero attached hydrogens (tertiary/aromatic N) is 1. The maximum Gasteiger partial charge on any atom is 0.00385 e. The van der Waals surface area contributed by atoms with E-state index >= 15 is 0 Å². The van der Waals surface area contributed by atoms with Gasteiger partial charge in [0.2, 0.25) is 0 Å². The molecule has 0 aromatic heterocycles. The fourth-order valence-corrected chi connectivity index (χ4v) is 1.75. The van der Waals surface area contributed by atoms with E-state index in [2.05, 4.69) is 44.8 Å². The van der Waals surface area contributed by atoms with Crippen LogP contribution in [-0.4, -0.2) is 36.6 Å². The van der Waals surface area contributed by atoms with Crippen molar-refractivity contribution in [2.75, 3.05) is 19.6 Å². The second kappa shape index (κ2) is 9.17. The van der Waals surface area contributed by atoms with Gasteiger partial charge in [0.25, 0.3) is 0 Å². The Kier molecular flexibility index (Phi) is 9.12. The summed E-state index contributed by atoms with van der Waals surface area (Å²) < 4.78 is 0. The van der Waals surface area contributed by atoms with Gasteiger partial charge in [-0.3, -0.25) is 0 Å². The third-order valence-corrected chi connectivity index (χ3v) is 2.67. The number of nitrogens with one attached hydrogen (secondary N) is 1. The second-order valence-corrected chi connectivity index (χ2v) is 4.95. The molecule has 2 heteroatoms. The van der Waals surface area contributed by atoms with Crippen LogP contribution in [0.4, 0.5) is 0 Å². The fraction of sp³-hybridized carbons (Fsp3) is 1.00. The largest absolute Gasteiger partial charge is 0.315 e. The van der Waals surface area contributed by atoms with E-state index in [1.165, 1.54) is 32.4 Å².